The van der Waals surface area contributed by atoms with Crippen LogP contribution in [0, 0.1) is 0 Å². The summed E-state index contributed by atoms with van der Waals surface area (Å²) < 4.78 is 7.94. The fourth-order valence-electron chi connectivity index (χ4n) is 3.42. The Kier molecular flexibility index (Phi) is 6.14. The second kappa shape index (κ2) is 9.13. The van der Waals surface area contributed by atoms with Crippen LogP contribution in [-0.2, 0) is 0 Å². The summed E-state index contributed by atoms with van der Waals surface area (Å²) in [6, 6.07) is 18.6. The number of aromatic nitrogens is 1. The summed E-state index contributed by atoms with van der Waals surface area (Å²) in [4.78, 5) is 7.77. The van der Waals surface area contributed by atoms with Gasteiger partial charge in [0.1, 0.15) is 11.3 Å². The van der Waals surface area contributed by atoms with Crippen molar-refractivity contribution in [1.82, 2.24) is 4.68 Å². The highest BCUT2D eigenvalue weighted by Crippen LogP contribution is 2.28. The van der Waals surface area contributed by atoms with E-state index in [0.29, 0.717) is 6.54 Å². The molecular weight excluding hydrogens is 392 g/mol. The maximum absolute atomic E-state index is 6.07. The second-order valence-corrected chi connectivity index (χ2v) is 7.68. The van der Waals surface area contributed by atoms with E-state index >= 15 is 0 Å². The fourth-order valence-corrected chi connectivity index (χ4v) is 4.30. The summed E-state index contributed by atoms with van der Waals surface area (Å²) in [5.41, 5.74) is 4.04. The minimum absolute atomic E-state index is 0.703. The van der Waals surface area contributed by atoms with Crippen LogP contribution in [0.1, 0.15) is 26.3 Å². The van der Waals surface area contributed by atoms with Gasteiger partial charge in [0.2, 0.25) is 4.80 Å². The number of para-hydroxylation sites is 1. The molecule has 6 heteroatoms. The zero-order chi connectivity index (χ0) is 20.9. The van der Waals surface area contributed by atoms with E-state index in [0.717, 1.165) is 45.9 Å². The van der Waals surface area contributed by atoms with Crippen molar-refractivity contribution in [1.29, 1.82) is 0 Å². The zero-order valence-electron chi connectivity index (χ0n) is 17.6. The summed E-state index contributed by atoms with van der Waals surface area (Å²) in [7, 11) is 0. The van der Waals surface area contributed by atoms with Crippen molar-refractivity contribution < 1.29 is 4.42 Å². The molecule has 0 unspecified atom stereocenters. The van der Waals surface area contributed by atoms with Gasteiger partial charge in [0.15, 0.2) is 5.76 Å². The van der Waals surface area contributed by atoms with Gasteiger partial charge >= 0.3 is 0 Å². The van der Waals surface area contributed by atoms with Gasteiger partial charge in [-0.3, -0.25) is 4.99 Å². The molecule has 0 amide bonds. The highest BCUT2D eigenvalue weighted by Gasteiger charge is 2.12. The van der Waals surface area contributed by atoms with Gasteiger partial charge in [-0.05, 0) is 50.6 Å². The maximum Gasteiger partial charge on any atom is 0.206 e. The van der Waals surface area contributed by atoms with Crippen molar-refractivity contribution >= 4 is 34.2 Å². The van der Waals surface area contributed by atoms with Crippen LogP contribution in [0.2, 0.25) is 0 Å². The van der Waals surface area contributed by atoms with Crippen LogP contribution in [-0.4, -0.2) is 30.5 Å². The van der Waals surface area contributed by atoms with Crippen LogP contribution in [0.4, 0.5) is 5.69 Å². The van der Waals surface area contributed by atoms with Crippen molar-refractivity contribution in [3.05, 3.63) is 70.3 Å². The summed E-state index contributed by atoms with van der Waals surface area (Å²) >= 11 is 1.57. The first-order valence-electron chi connectivity index (χ1n) is 10.3. The molecule has 0 spiro atoms. The molecular formula is C24H26N4OS. The molecule has 30 heavy (non-hydrogen) atoms. The Hall–Kier alpha value is -3.12. The molecule has 2 heterocycles. The van der Waals surface area contributed by atoms with Crippen LogP contribution < -0.4 is 9.70 Å². The average molecular weight is 419 g/mol. The molecule has 0 radical (unpaired) electrons. The largest absolute Gasteiger partial charge is 0.454 e. The lowest BCUT2D eigenvalue weighted by atomic mass is 10.2. The molecule has 154 valence electrons. The zero-order valence-corrected chi connectivity index (χ0v) is 18.4. The minimum Gasteiger partial charge on any atom is -0.454 e. The number of rotatable bonds is 7. The lowest BCUT2D eigenvalue weighted by molar-refractivity contribution is 0.621. The number of anilines is 1. The van der Waals surface area contributed by atoms with E-state index in [1.807, 2.05) is 41.4 Å². The highest BCUT2D eigenvalue weighted by atomic mass is 32.1. The smallest absolute Gasteiger partial charge is 0.206 e. The monoisotopic (exact) mass is 418 g/mol. The number of furan rings is 1. The number of nitrogens with zero attached hydrogens (tertiary/aromatic N) is 4. The second-order valence-electron chi connectivity index (χ2n) is 6.85. The van der Waals surface area contributed by atoms with E-state index in [4.69, 9.17) is 9.52 Å². The molecule has 4 rings (SSSR count). The van der Waals surface area contributed by atoms with Crippen molar-refractivity contribution in [2.45, 2.75) is 20.8 Å². The first-order valence-corrected chi connectivity index (χ1v) is 11.2. The fraction of sp³-hybridized carbons (Fsp3) is 0.250. The molecule has 0 atom stereocenters. The lowest BCUT2D eigenvalue weighted by Crippen LogP contribution is -2.21. The first-order chi connectivity index (χ1) is 14.7. The van der Waals surface area contributed by atoms with Gasteiger partial charge in [-0.2, -0.15) is 5.10 Å². The minimum atomic E-state index is 0.703. The number of hydrogen-bond donors (Lipinski definition) is 0. The predicted molar refractivity (Wildman–Crippen MR) is 127 cm³/mol. The van der Waals surface area contributed by atoms with Crippen molar-refractivity contribution in [3.63, 3.8) is 0 Å². The van der Waals surface area contributed by atoms with Gasteiger partial charge in [-0.1, -0.05) is 30.3 Å². The number of fused-ring (bicyclic) bond motifs is 1. The van der Waals surface area contributed by atoms with Gasteiger partial charge in [0.05, 0.1) is 6.21 Å². The third-order valence-electron chi connectivity index (χ3n) is 5.00. The van der Waals surface area contributed by atoms with Gasteiger partial charge in [-0.25, -0.2) is 4.68 Å². The normalized spacial score (nSPS) is 12.3. The van der Waals surface area contributed by atoms with Crippen LogP contribution in [0.25, 0.3) is 22.4 Å². The first kappa shape index (κ1) is 20.2. The van der Waals surface area contributed by atoms with E-state index in [-0.39, 0.29) is 0 Å². The summed E-state index contributed by atoms with van der Waals surface area (Å²) in [6.45, 7) is 9.07. The molecule has 2 aromatic carbocycles. The molecule has 0 saturated heterocycles. The van der Waals surface area contributed by atoms with Gasteiger partial charge in [-0.15, -0.1) is 11.3 Å². The van der Waals surface area contributed by atoms with Crippen molar-refractivity contribution in [2.24, 2.45) is 10.1 Å². The lowest BCUT2D eigenvalue weighted by Gasteiger charge is -2.20. The molecule has 0 N–H and O–H groups in total. The Labute approximate surface area is 180 Å². The molecule has 0 bridgehead atoms. The van der Waals surface area contributed by atoms with Crippen LogP contribution in [0.5, 0.6) is 0 Å². The number of hydrogen-bond acceptors (Lipinski definition) is 5. The Morgan fingerprint density at radius 1 is 1.03 bits per heavy atom. The van der Waals surface area contributed by atoms with Crippen LogP contribution in [0.15, 0.2) is 74.5 Å². The molecule has 0 aliphatic heterocycles. The van der Waals surface area contributed by atoms with Crippen LogP contribution >= 0.6 is 11.3 Å². The summed E-state index contributed by atoms with van der Waals surface area (Å²) in [6.07, 6.45) is 1.87. The van der Waals surface area contributed by atoms with Crippen molar-refractivity contribution in [2.75, 3.05) is 24.5 Å². The van der Waals surface area contributed by atoms with Crippen molar-refractivity contribution in [3.8, 4) is 11.5 Å². The molecule has 0 fully saturated rings. The number of thiazole rings is 1. The summed E-state index contributed by atoms with van der Waals surface area (Å²) in [5, 5.41) is 7.88. The topological polar surface area (TPSA) is 46.0 Å². The summed E-state index contributed by atoms with van der Waals surface area (Å²) in [5.74, 6) is 0.791. The third-order valence-corrected chi connectivity index (χ3v) is 5.85. The average Bonchev–Trinajstić information content (AvgIpc) is 3.38. The standard InChI is InChI=1S/C24H26N4OS/c1-4-25-24-28(26-16-18-11-13-20(14-12-18)27(5-2)6-3)21(17-30-24)23-15-19-9-7-8-10-22(19)29-23/h7-17H,4-6H2,1-3H3/b25-24?,26-16-. The van der Waals surface area contributed by atoms with Crippen LogP contribution in [0.3, 0.4) is 0 Å². The van der Waals surface area contributed by atoms with E-state index in [2.05, 4.69) is 60.1 Å². The van der Waals surface area contributed by atoms with Gasteiger partial charge < -0.3 is 9.32 Å². The van der Waals surface area contributed by atoms with E-state index < -0.39 is 0 Å². The quantitative estimate of drug-likeness (QED) is 0.366. The number of benzene rings is 2. The maximum atomic E-state index is 6.07. The van der Waals surface area contributed by atoms with E-state index in [9.17, 15) is 0 Å². The van der Waals surface area contributed by atoms with E-state index in [1.165, 1.54) is 5.69 Å². The molecule has 0 saturated carbocycles. The molecule has 2 aromatic heterocycles. The Morgan fingerprint density at radius 2 is 1.80 bits per heavy atom. The SMILES string of the molecule is CCN=c1scc(-c2cc3ccccc3o2)n1/N=C\c1ccc(N(CC)CC)cc1. The highest BCUT2D eigenvalue weighted by molar-refractivity contribution is 7.07. The van der Waals surface area contributed by atoms with Gasteiger partial charge in [0.25, 0.3) is 0 Å². The molecule has 5 nitrogen and oxygen atoms in total. The van der Waals surface area contributed by atoms with Gasteiger partial charge in [0, 0.05) is 36.1 Å². The third kappa shape index (κ3) is 4.09. The molecule has 0 aliphatic carbocycles. The van der Waals surface area contributed by atoms with E-state index in [1.54, 1.807) is 11.3 Å². The molecule has 0 aliphatic rings. The molecule has 4 aromatic rings. The Balaban J connectivity index is 1.69. The predicted octanol–water partition coefficient (Wildman–Crippen LogP) is 5.61. The Morgan fingerprint density at radius 3 is 2.50 bits per heavy atom. The Bertz CT molecular complexity index is 1180.